The minimum absolute atomic E-state index is 0.0993. The molecule has 2 N–H and O–H groups in total. The summed E-state index contributed by atoms with van der Waals surface area (Å²) < 4.78 is 1.75. The average molecular weight is 438 g/mol. The molecule has 0 spiro atoms. The van der Waals surface area contributed by atoms with Gasteiger partial charge in [0.1, 0.15) is 17.0 Å². The highest BCUT2D eigenvalue weighted by atomic mass is 16.2. The van der Waals surface area contributed by atoms with E-state index in [1.165, 1.54) is 19.3 Å². The van der Waals surface area contributed by atoms with Crippen molar-refractivity contribution >= 4 is 17.5 Å². The summed E-state index contributed by atoms with van der Waals surface area (Å²) >= 11 is 0. The van der Waals surface area contributed by atoms with Crippen LogP contribution < -0.4 is 10.6 Å². The minimum Gasteiger partial charge on any atom is -0.350 e. The number of carbonyl (C=O) groups excluding carboxylic acids is 2. The molecule has 2 aromatic heterocycles. The number of pyridine rings is 1. The van der Waals surface area contributed by atoms with Gasteiger partial charge >= 0.3 is 0 Å². The van der Waals surface area contributed by atoms with Crippen LogP contribution in [0, 0.1) is 23.2 Å². The molecule has 3 aliphatic carbocycles. The fourth-order valence-electron chi connectivity index (χ4n) is 6.33. The Labute approximate surface area is 190 Å². The molecule has 32 heavy (non-hydrogen) atoms. The summed E-state index contributed by atoms with van der Waals surface area (Å²) in [4.78, 5) is 32.4. The Hall–Kier alpha value is -2.41. The minimum atomic E-state index is -0.101. The highest BCUT2D eigenvalue weighted by Gasteiger charge is 2.53. The Morgan fingerprint density at radius 3 is 2.84 bits per heavy atom. The second-order valence-electron chi connectivity index (χ2n) is 10.6. The first kappa shape index (κ1) is 21.4. The predicted molar refractivity (Wildman–Crippen MR) is 124 cm³/mol. The molecule has 0 radical (unpaired) electrons. The van der Waals surface area contributed by atoms with Crippen LogP contribution in [0.3, 0.4) is 0 Å². The molecule has 2 amide bonds. The van der Waals surface area contributed by atoms with Crippen molar-refractivity contribution in [3.8, 4) is 0 Å². The number of likely N-dealkylation sites (N-methyl/N-ethyl adjacent to an activating group) is 1. The maximum atomic E-state index is 13.1. The number of aromatic nitrogens is 2. The number of nitrogens with one attached hydrogen (secondary N) is 2. The quantitative estimate of drug-likeness (QED) is 0.754. The Kier molecular flexibility index (Phi) is 5.48. The van der Waals surface area contributed by atoms with Gasteiger partial charge in [-0.2, -0.15) is 0 Å². The van der Waals surface area contributed by atoms with Crippen LogP contribution >= 0.6 is 0 Å². The molecule has 7 nitrogen and oxygen atoms in total. The summed E-state index contributed by atoms with van der Waals surface area (Å²) in [5.41, 5.74) is 1.94. The van der Waals surface area contributed by atoms with Crippen molar-refractivity contribution in [1.82, 2.24) is 24.9 Å². The van der Waals surface area contributed by atoms with Crippen LogP contribution in [-0.4, -0.2) is 58.8 Å². The summed E-state index contributed by atoms with van der Waals surface area (Å²) in [5.74, 6) is 1.92. The van der Waals surface area contributed by atoms with E-state index in [2.05, 4.69) is 29.5 Å². The number of nitrogens with zero attached hydrogens (tertiary/aromatic N) is 3. The van der Waals surface area contributed by atoms with Crippen LogP contribution in [0.5, 0.6) is 0 Å². The zero-order chi connectivity index (χ0) is 22.5. The molecule has 6 rings (SSSR count). The third kappa shape index (κ3) is 3.60. The maximum Gasteiger partial charge on any atom is 0.274 e. The van der Waals surface area contributed by atoms with Crippen LogP contribution in [0.2, 0.25) is 0 Å². The predicted octanol–water partition coefficient (Wildman–Crippen LogP) is 2.96. The number of imidazole rings is 1. The largest absolute Gasteiger partial charge is 0.350 e. The number of piperidine rings is 1. The van der Waals surface area contributed by atoms with Gasteiger partial charge in [-0.05, 0) is 74.0 Å². The lowest BCUT2D eigenvalue weighted by Gasteiger charge is -2.60. The van der Waals surface area contributed by atoms with E-state index in [4.69, 9.17) is 0 Å². The van der Waals surface area contributed by atoms with Crippen LogP contribution in [0.15, 0.2) is 24.4 Å². The zero-order valence-corrected chi connectivity index (χ0v) is 19.4. The van der Waals surface area contributed by atoms with Crippen molar-refractivity contribution in [2.24, 2.45) is 23.2 Å². The summed E-state index contributed by atoms with van der Waals surface area (Å²) in [6.07, 6.45) is 7.55. The van der Waals surface area contributed by atoms with Gasteiger partial charge in [-0.15, -0.1) is 0 Å². The molecule has 3 saturated carbocycles. The number of fused-ring (bicyclic) bond motifs is 3. The van der Waals surface area contributed by atoms with Gasteiger partial charge in [0.2, 0.25) is 0 Å². The third-order valence-corrected chi connectivity index (χ3v) is 8.61. The van der Waals surface area contributed by atoms with Gasteiger partial charge in [-0.3, -0.25) is 14.0 Å². The van der Waals surface area contributed by atoms with E-state index in [1.807, 2.05) is 19.2 Å². The van der Waals surface area contributed by atoms with Crippen molar-refractivity contribution in [2.45, 2.75) is 52.0 Å². The van der Waals surface area contributed by atoms with Gasteiger partial charge in [-0.25, -0.2) is 4.98 Å². The smallest absolute Gasteiger partial charge is 0.274 e. The highest BCUT2D eigenvalue weighted by molar-refractivity contribution is 5.95. The lowest BCUT2D eigenvalue weighted by Crippen LogP contribution is -2.54. The van der Waals surface area contributed by atoms with Crippen molar-refractivity contribution in [2.75, 3.05) is 26.7 Å². The first-order chi connectivity index (χ1) is 15.4. The molecular weight excluding hydrogens is 402 g/mol. The van der Waals surface area contributed by atoms with Crippen molar-refractivity contribution < 1.29 is 9.59 Å². The standard InChI is InChI=1S/C25H35N5O2/c1-25(2)17-10-9-16(19(25)12-17)13-27-23(31)21-7-4-8-22-28-20(15-30(21)22)24(32)29(3)18-6-5-11-26-14-18/h4,7-8,15-19,26H,5-6,9-14H2,1-3H3,(H,27,31)/t16-,17-,18?,19-/m0/s1. The van der Waals surface area contributed by atoms with E-state index < -0.39 is 0 Å². The Morgan fingerprint density at radius 2 is 2.12 bits per heavy atom. The van der Waals surface area contributed by atoms with Crippen molar-refractivity contribution in [1.29, 1.82) is 0 Å². The highest BCUT2D eigenvalue weighted by Crippen LogP contribution is 2.61. The van der Waals surface area contributed by atoms with E-state index >= 15 is 0 Å². The summed E-state index contributed by atoms with van der Waals surface area (Å²) in [6.45, 7) is 7.29. The summed E-state index contributed by atoms with van der Waals surface area (Å²) in [5, 5.41) is 6.53. The second kappa shape index (κ2) is 8.18. The molecule has 1 saturated heterocycles. The molecule has 0 aromatic carbocycles. The molecule has 4 atom stereocenters. The molecule has 172 valence electrons. The van der Waals surface area contributed by atoms with Crippen LogP contribution in [0.25, 0.3) is 5.65 Å². The number of rotatable bonds is 5. The Balaban J connectivity index is 1.29. The molecule has 1 aliphatic heterocycles. The average Bonchev–Trinajstić information content (AvgIpc) is 3.26. The zero-order valence-electron chi connectivity index (χ0n) is 19.4. The second-order valence-corrected chi connectivity index (χ2v) is 10.6. The number of hydrogen-bond acceptors (Lipinski definition) is 4. The van der Waals surface area contributed by atoms with Crippen LogP contribution in [-0.2, 0) is 0 Å². The molecular formula is C25H35N5O2. The fraction of sp³-hybridized carbons (Fsp3) is 0.640. The topological polar surface area (TPSA) is 78.7 Å². The van der Waals surface area contributed by atoms with E-state index in [0.717, 1.165) is 31.8 Å². The number of hydrogen-bond donors (Lipinski definition) is 2. The van der Waals surface area contributed by atoms with Gasteiger partial charge in [0, 0.05) is 32.4 Å². The van der Waals surface area contributed by atoms with E-state index in [-0.39, 0.29) is 17.9 Å². The molecule has 3 heterocycles. The molecule has 4 aliphatic rings. The van der Waals surface area contributed by atoms with Crippen LogP contribution in [0.1, 0.15) is 66.9 Å². The lowest BCUT2D eigenvalue weighted by molar-refractivity contribution is -0.103. The SMILES string of the molecule is CN(C(=O)c1cn2c(C(=O)NC[C@@H]3CC[C@H]4C[C@@H]3C4(C)C)cccc2n1)C1CCCNC1. The van der Waals surface area contributed by atoms with Gasteiger partial charge in [-0.1, -0.05) is 19.9 Å². The molecule has 1 unspecified atom stereocenters. The first-order valence-corrected chi connectivity index (χ1v) is 12.1. The van der Waals surface area contributed by atoms with Gasteiger partial charge in [0.25, 0.3) is 11.8 Å². The van der Waals surface area contributed by atoms with Crippen molar-refractivity contribution in [3.63, 3.8) is 0 Å². The maximum absolute atomic E-state index is 13.1. The number of amides is 2. The number of carbonyl (C=O) groups is 2. The van der Waals surface area contributed by atoms with E-state index in [9.17, 15) is 9.59 Å². The summed E-state index contributed by atoms with van der Waals surface area (Å²) in [7, 11) is 1.84. The summed E-state index contributed by atoms with van der Waals surface area (Å²) in [6, 6.07) is 5.65. The molecule has 2 bridgehead atoms. The molecule has 7 heteroatoms. The van der Waals surface area contributed by atoms with E-state index in [0.29, 0.717) is 40.8 Å². The third-order valence-electron chi connectivity index (χ3n) is 8.61. The molecule has 4 fully saturated rings. The lowest BCUT2D eigenvalue weighted by atomic mass is 9.45. The van der Waals surface area contributed by atoms with E-state index in [1.54, 1.807) is 21.6 Å². The monoisotopic (exact) mass is 437 g/mol. The fourth-order valence-corrected chi connectivity index (χ4v) is 6.33. The Morgan fingerprint density at radius 1 is 1.28 bits per heavy atom. The molecule has 2 aromatic rings. The van der Waals surface area contributed by atoms with Crippen LogP contribution in [0.4, 0.5) is 0 Å². The van der Waals surface area contributed by atoms with Crippen molar-refractivity contribution in [3.05, 3.63) is 35.8 Å². The Bertz CT molecular complexity index is 1020. The normalized spacial score (nSPS) is 28.7. The van der Waals surface area contributed by atoms with Gasteiger partial charge in [0.05, 0.1) is 0 Å². The van der Waals surface area contributed by atoms with Gasteiger partial charge < -0.3 is 15.5 Å². The van der Waals surface area contributed by atoms with Gasteiger partial charge in [0.15, 0.2) is 0 Å². The first-order valence-electron chi connectivity index (χ1n) is 12.1.